The Morgan fingerprint density at radius 1 is 1.23 bits per heavy atom. The van der Waals surface area contributed by atoms with Crippen molar-refractivity contribution in [3.63, 3.8) is 0 Å². The average Bonchev–Trinajstić information content (AvgIpc) is 3.39. The number of ketones is 1. The van der Waals surface area contributed by atoms with Crippen LogP contribution in [0.1, 0.15) is 53.4 Å². The van der Waals surface area contributed by atoms with Gasteiger partial charge in [-0.15, -0.1) is 0 Å². The van der Waals surface area contributed by atoms with Gasteiger partial charge in [0.2, 0.25) is 0 Å². The van der Waals surface area contributed by atoms with E-state index in [1.807, 2.05) is 19.1 Å². The zero-order chi connectivity index (χ0) is 21.5. The Morgan fingerprint density at radius 3 is 2.73 bits per heavy atom. The van der Waals surface area contributed by atoms with Gasteiger partial charge >= 0.3 is 12.0 Å². The molecule has 0 saturated heterocycles. The van der Waals surface area contributed by atoms with Crippen LogP contribution >= 0.6 is 11.3 Å². The van der Waals surface area contributed by atoms with Crippen LogP contribution in [0.25, 0.3) is 6.08 Å². The third-order valence-corrected chi connectivity index (χ3v) is 5.71. The Bertz CT molecular complexity index is 961. The van der Waals surface area contributed by atoms with Gasteiger partial charge in [0.1, 0.15) is 0 Å². The quantitative estimate of drug-likeness (QED) is 0.366. The maximum atomic E-state index is 12.9. The number of aromatic nitrogens is 1. The molecule has 0 bridgehead atoms. The highest BCUT2D eigenvalue weighted by molar-refractivity contribution is 7.16. The highest BCUT2D eigenvalue weighted by Gasteiger charge is 2.26. The highest BCUT2D eigenvalue weighted by atomic mass is 32.1. The summed E-state index contributed by atoms with van der Waals surface area (Å²) in [7, 11) is 0. The molecule has 30 heavy (non-hydrogen) atoms. The van der Waals surface area contributed by atoms with Crippen LogP contribution in [0.4, 0.5) is 15.6 Å². The summed E-state index contributed by atoms with van der Waals surface area (Å²) in [6.07, 6.45) is 8.40. The fraction of sp³-hybridized carbons (Fsp3) is 0.364. The molecule has 3 rings (SSSR count). The van der Waals surface area contributed by atoms with Crippen LogP contribution in [0.3, 0.4) is 0 Å². The third-order valence-electron chi connectivity index (χ3n) is 4.83. The molecule has 1 aliphatic carbocycles. The molecule has 0 aliphatic heterocycles. The number of thiazole rings is 1. The van der Waals surface area contributed by atoms with E-state index in [-0.39, 0.29) is 11.7 Å². The van der Waals surface area contributed by atoms with Crippen molar-refractivity contribution in [3.8, 4) is 0 Å². The first-order valence-electron chi connectivity index (χ1n) is 9.99. The van der Waals surface area contributed by atoms with Crippen molar-refractivity contribution in [2.24, 2.45) is 5.92 Å². The van der Waals surface area contributed by atoms with Gasteiger partial charge in [0.05, 0.1) is 12.3 Å². The standard InChI is InChI=1S/C22H25N3O4S/c1-3-29-19(26)11-9-16-13-23-22(30-16)25-21(28)24-18-10-8-14(2)12-17(18)20(27)15-6-4-5-7-15/h8-13,15H,3-7H2,1-2H3,(H2,23,24,25,28)/b11-9+. The topological polar surface area (TPSA) is 97.4 Å². The maximum Gasteiger partial charge on any atom is 0.330 e. The zero-order valence-electron chi connectivity index (χ0n) is 17.1. The number of esters is 1. The highest BCUT2D eigenvalue weighted by Crippen LogP contribution is 2.31. The van der Waals surface area contributed by atoms with E-state index < -0.39 is 12.0 Å². The summed E-state index contributed by atoms with van der Waals surface area (Å²) in [5, 5.41) is 5.82. The minimum Gasteiger partial charge on any atom is -0.463 e. The second-order valence-corrected chi connectivity index (χ2v) is 8.19. The number of hydrogen-bond acceptors (Lipinski definition) is 6. The molecule has 8 heteroatoms. The van der Waals surface area contributed by atoms with Gasteiger partial charge in [-0.1, -0.05) is 35.8 Å². The molecule has 0 radical (unpaired) electrons. The summed E-state index contributed by atoms with van der Waals surface area (Å²) in [5.41, 5.74) is 2.02. The van der Waals surface area contributed by atoms with E-state index in [9.17, 15) is 14.4 Å². The minimum absolute atomic E-state index is 0.0307. The van der Waals surface area contributed by atoms with Crippen molar-refractivity contribution >= 4 is 46.0 Å². The second-order valence-electron chi connectivity index (χ2n) is 7.13. The SMILES string of the molecule is CCOC(=O)/C=C/c1cnc(NC(=O)Nc2ccc(C)cc2C(=O)C2CCCC2)s1. The molecule has 158 valence electrons. The molecule has 2 amide bonds. The number of carbonyl (C=O) groups excluding carboxylic acids is 3. The van der Waals surface area contributed by atoms with Crippen LogP contribution in [-0.4, -0.2) is 29.4 Å². The summed E-state index contributed by atoms with van der Waals surface area (Å²) in [6.45, 7) is 3.97. The van der Waals surface area contributed by atoms with Gasteiger partial charge in [0.25, 0.3) is 0 Å². The first-order valence-corrected chi connectivity index (χ1v) is 10.8. The van der Waals surface area contributed by atoms with Crippen molar-refractivity contribution in [2.45, 2.75) is 39.5 Å². The molecule has 2 aromatic rings. The average molecular weight is 428 g/mol. The Kier molecular flexibility index (Phi) is 7.35. The third kappa shape index (κ3) is 5.76. The second kappa shape index (κ2) is 10.2. The number of Topliss-reactive ketones (excluding diaryl/α,β-unsaturated/α-hetero) is 1. The molecule has 7 nitrogen and oxygen atoms in total. The van der Waals surface area contributed by atoms with Crippen molar-refractivity contribution in [3.05, 3.63) is 46.5 Å². The minimum atomic E-state index is -0.477. The van der Waals surface area contributed by atoms with E-state index in [1.54, 1.807) is 25.3 Å². The molecule has 1 aliphatic rings. The number of amides is 2. The van der Waals surface area contributed by atoms with Crippen LogP contribution in [0.5, 0.6) is 0 Å². The zero-order valence-corrected chi connectivity index (χ0v) is 17.9. The van der Waals surface area contributed by atoms with Gasteiger partial charge in [0, 0.05) is 28.6 Å². The summed E-state index contributed by atoms with van der Waals surface area (Å²) >= 11 is 1.22. The van der Waals surface area contributed by atoms with Crippen LogP contribution in [0, 0.1) is 12.8 Å². The van der Waals surface area contributed by atoms with Crippen molar-refractivity contribution in [2.75, 3.05) is 17.2 Å². The number of ether oxygens (including phenoxy) is 1. The Hall–Kier alpha value is -3.00. The van der Waals surface area contributed by atoms with Crippen LogP contribution < -0.4 is 10.6 Å². The maximum absolute atomic E-state index is 12.9. The number of nitrogens with zero attached hydrogens (tertiary/aromatic N) is 1. The lowest BCUT2D eigenvalue weighted by molar-refractivity contribution is -0.137. The van der Waals surface area contributed by atoms with Gasteiger partial charge in [-0.25, -0.2) is 14.6 Å². The lowest BCUT2D eigenvalue weighted by Gasteiger charge is -2.14. The smallest absolute Gasteiger partial charge is 0.330 e. The van der Waals surface area contributed by atoms with E-state index in [0.717, 1.165) is 31.2 Å². The molecular weight excluding hydrogens is 402 g/mol. The predicted octanol–water partition coefficient (Wildman–Crippen LogP) is 5.04. The molecule has 1 aromatic heterocycles. The lowest BCUT2D eigenvalue weighted by Crippen LogP contribution is -2.22. The molecule has 0 atom stereocenters. The van der Waals surface area contributed by atoms with Gasteiger partial charge in [-0.2, -0.15) is 0 Å². The molecule has 1 heterocycles. The molecular formula is C22H25N3O4S. The lowest BCUT2D eigenvalue weighted by atomic mass is 9.94. The van der Waals surface area contributed by atoms with Crippen molar-refractivity contribution in [1.82, 2.24) is 4.98 Å². The number of rotatable bonds is 7. The van der Waals surface area contributed by atoms with Gasteiger partial charge < -0.3 is 10.1 Å². The number of nitrogens with one attached hydrogen (secondary N) is 2. The van der Waals surface area contributed by atoms with Crippen molar-refractivity contribution < 1.29 is 19.1 Å². The molecule has 0 unspecified atom stereocenters. The van der Waals surface area contributed by atoms with E-state index in [1.165, 1.54) is 17.4 Å². The molecule has 1 saturated carbocycles. The fourth-order valence-corrected chi connectivity index (χ4v) is 4.11. The number of benzene rings is 1. The van der Waals surface area contributed by atoms with E-state index in [4.69, 9.17) is 4.74 Å². The molecule has 1 aromatic carbocycles. The normalized spacial score (nSPS) is 14.1. The van der Waals surface area contributed by atoms with E-state index in [0.29, 0.717) is 27.9 Å². The predicted molar refractivity (Wildman–Crippen MR) is 118 cm³/mol. The largest absolute Gasteiger partial charge is 0.463 e. The van der Waals surface area contributed by atoms with Gasteiger partial charge in [-0.05, 0) is 44.9 Å². The van der Waals surface area contributed by atoms with Crippen molar-refractivity contribution in [1.29, 1.82) is 0 Å². The summed E-state index contributed by atoms with van der Waals surface area (Å²) in [4.78, 5) is 41.6. The van der Waals surface area contributed by atoms with E-state index >= 15 is 0 Å². The molecule has 0 spiro atoms. The Balaban J connectivity index is 1.65. The van der Waals surface area contributed by atoms with Crippen LogP contribution in [0.15, 0.2) is 30.5 Å². The Labute approximate surface area is 179 Å². The molecule has 2 N–H and O–H groups in total. The number of hydrogen-bond donors (Lipinski definition) is 2. The molecule has 1 fully saturated rings. The summed E-state index contributed by atoms with van der Waals surface area (Å²) in [6, 6.07) is 4.97. The number of urea groups is 1. The number of anilines is 2. The number of aryl methyl sites for hydroxylation is 1. The van der Waals surface area contributed by atoms with Gasteiger partial charge in [-0.3, -0.25) is 10.1 Å². The fourth-order valence-electron chi connectivity index (χ4n) is 3.39. The van der Waals surface area contributed by atoms with Crippen LogP contribution in [0.2, 0.25) is 0 Å². The Morgan fingerprint density at radius 2 is 2.00 bits per heavy atom. The first kappa shape index (κ1) is 21.7. The first-order chi connectivity index (χ1) is 14.5. The monoisotopic (exact) mass is 427 g/mol. The summed E-state index contributed by atoms with van der Waals surface area (Å²) < 4.78 is 4.83. The summed E-state index contributed by atoms with van der Waals surface area (Å²) in [5.74, 6) is -0.313. The van der Waals surface area contributed by atoms with Crippen LogP contribution in [-0.2, 0) is 9.53 Å². The van der Waals surface area contributed by atoms with E-state index in [2.05, 4.69) is 15.6 Å². The number of carbonyl (C=O) groups is 3. The van der Waals surface area contributed by atoms with Gasteiger partial charge in [0.15, 0.2) is 10.9 Å².